The van der Waals surface area contributed by atoms with E-state index in [1.807, 2.05) is 18.5 Å². The Morgan fingerprint density at radius 2 is 1.97 bits per heavy atom. The third kappa shape index (κ3) is 4.08. The third-order valence-corrected chi connectivity index (χ3v) is 5.80. The second-order valence-corrected chi connectivity index (χ2v) is 7.92. The summed E-state index contributed by atoms with van der Waals surface area (Å²) in [5, 5.41) is 0. The Labute approximate surface area is 176 Å². The van der Waals surface area contributed by atoms with Gasteiger partial charge >= 0.3 is 0 Å². The largest absolute Gasteiger partial charge is 0.493 e. The van der Waals surface area contributed by atoms with Crippen LogP contribution in [-0.4, -0.2) is 48.5 Å². The number of ether oxygens (including phenoxy) is 1. The number of hydrogen-bond acceptors (Lipinski definition) is 5. The maximum Gasteiger partial charge on any atom is 0.224 e. The molecule has 0 amide bonds. The molecule has 3 heterocycles. The normalized spacial score (nSPS) is 18.4. The molecule has 154 valence electrons. The van der Waals surface area contributed by atoms with E-state index in [9.17, 15) is 4.39 Å². The van der Waals surface area contributed by atoms with E-state index in [0.29, 0.717) is 6.67 Å². The molecule has 5 nitrogen and oxygen atoms in total. The number of aryl methyl sites for hydroxylation is 1. The molecule has 0 saturated heterocycles. The first-order chi connectivity index (χ1) is 14.7. The van der Waals surface area contributed by atoms with E-state index in [2.05, 4.69) is 39.1 Å². The average molecular weight is 404 g/mol. The predicted molar refractivity (Wildman–Crippen MR) is 117 cm³/mol. The lowest BCUT2D eigenvalue weighted by Gasteiger charge is -2.30. The molecule has 0 saturated carbocycles. The number of rotatable bonds is 3. The smallest absolute Gasteiger partial charge is 0.224 e. The fourth-order valence-corrected chi connectivity index (χ4v) is 4.16. The van der Waals surface area contributed by atoms with Gasteiger partial charge in [-0.2, -0.15) is 0 Å². The first kappa shape index (κ1) is 18.9. The van der Waals surface area contributed by atoms with Crippen LogP contribution in [0.1, 0.15) is 29.5 Å². The van der Waals surface area contributed by atoms with Crippen molar-refractivity contribution >= 4 is 17.9 Å². The number of halogens is 1. The third-order valence-electron chi connectivity index (χ3n) is 5.80. The fraction of sp³-hybridized carbons (Fsp3) is 0.333. The van der Waals surface area contributed by atoms with E-state index in [0.717, 1.165) is 62.8 Å². The molecule has 0 radical (unpaired) electrons. The van der Waals surface area contributed by atoms with Crippen LogP contribution in [0.3, 0.4) is 0 Å². The Kier molecular flexibility index (Phi) is 5.22. The average Bonchev–Trinajstić information content (AvgIpc) is 2.80. The molecule has 3 aliphatic rings. The van der Waals surface area contributed by atoms with Crippen LogP contribution in [-0.2, 0) is 13.0 Å². The first-order valence-corrected chi connectivity index (χ1v) is 10.5. The van der Waals surface area contributed by atoms with E-state index in [-0.39, 0.29) is 5.82 Å². The van der Waals surface area contributed by atoms with Gasteiger partial charge in [0.2, 0.25) is 5.96 Å². The van der Waals surface area contributed by atoms with Crippen LogP contribution < -0.4 is 4.74 Å². The molecule has 5 rings (SSSR count). The van der Waals surface area contributed by atoms with Gasteiger partial charge in [0.25, 0.3) is 0 Å². The van der Waals surface area contributed by atoms with Crippen LogP contribution >= 0.6 is 0 Å². The van der Waals surface area contributed by atoms with Crippen molar-refractivity contribution in [1.82, 2.24) is 9.80 Å². The summed E-state index contributed by atoms with van der Waals surface area (Å²) < 4.78 is 18.8. The summed E-state index contributed by atoms with van der Waals surface area (Å²) in [4.78, 5) is 13.6. The Hall–Kier alpha value is -3.15. The minimum Gasteiger partial charge on any atom is -0.493 e. The number of fused-ring (bicyclic) bond motifs is 1. The Morgan fingerprint density at radius 1 is 1.07 bits per heavy atom. The highest BCUT2D eigenvalue weighted by molar-refractivity contribution is 5.89. The molecule has 0 spiro atoms. The van der Waals surface area contributed by atoms with Gasteiger partial charge in [-0.05, 0) is 59.7 Å². The molecule has 6 heteroatoms. The molecule has 0 aliphatic carbocycles. The summed E-state index contributed by atoms with van der Waals surface area (Å²) in [6, 6.07) is 13.2. The molecule has 3 aliphatic heterocycles. The van der Waals surface area contributed by atoms with Crippen molar-refractivity contribution in [1.29, 1.82) is 0 Å². The van der Waals surface area contributed by atoms with Crippen molar-refractivity contribution in [2.24, 2.45) is 9.98 Å². The number of guanidine groups is 1. The van der Waals surface area contributed by atoms with E-state index in [4.69, 9.17) is 9.73 Å². The second kappa shape index (κ2) is 8.30. The maximum absolute atomic E-state index is 13.1. The van der Waals surface area contributed by atoms with E-state index in [1.165, 1.54) is 28.8 Å². The SMILES string of the molecule is Fc1ccc(C2=CCN(C3=NCN(Cc4ccc5c(c4)CCCO5)C=N3)CC2)cc1. The molecule has 0 atom stereocenters. The topological polar surface area (TPSA) is 40.4 Å². The quantitative estimate of drug-likeness (QED) is 0.773. The molecule has 0 bridgehead atoms. The highest BCUT2D eigenvalue weighted by atomic mass is 19.1. The van der Waals surface area contributed by atoms with Crippen molar-refractivity contribution in [2.45, 2.75) is 25.8 Å². The lowest BCUT2D eigenvalue weighted by Crippen LogP contribution is -2.37. The van der Waals surface area contributed by atoms with Gasteiger partial charge < -0.3 is 14.5 Å². The Balaban J connectivity index is 1.18. The molecule has 30 heavy (non-hydrogen) atoms. The van der Waals surface area contributed by atoms with Gasteiger partial charge in [-0.15, -0.1) is 0 Å². The Bertz CT molecular complexity index is 1010. The van der Waals surface area contributed by atoms with Crippen molar-refractivity contribution in [2.75, 3.05) is 26.4 Å². The standard InChI is InChI=1S/C24H25FN4O/c25-22-6-4-19(5-7-22)20-9-11-29(12-10-20)24-26-16-28(17-27-24)15-18-3-8-23-21(14-18)2-1-13-30-23/h3-9,14,16H,1-2,10-13,15,17H2. The van der Waals surface area contributed by atoms with Crippen molar-refractivity contribution in [3.8, 4) is 5.75 Å². The molecule has 0 fully saturated rings. The predicted octanol–water partition coefficient (Wildman–Crippen LogP) is 4.10. The number of aliphatic imine (C=N–C) groups is 2. The van der Waals surface area contributed by atoms with Crippen molar-refractivity contribution in [3.63, 3.8) is 0 Å². The van der Waals surface area contributed by atoms with Gasteiger partial charge in [-0.3, -0.25) is 0 Å². The van der Waals surface area contributed by atoms with Gasteiger partial charge in [0, 0.05) is 19.6 Å². The molecule has 0 N–H and O–H groups in total. The van der Waals surface area contributed by atoms with Crippen LogP contribution in [0.15, 0.2) is 58.5 Å². The van der Waals surface area contributed by atoms with Crippen molar-refractivity contribution in [3.05, 3.63) is 71.0 Å². The van der Waals surface area contributed by atoms with Crippen LogP contribution in [0.4, 0.5) is 4.39 Å². The summed E-state index contributed by atoms with van der Waals surface area (Å²) in [7, 11) is 0. The zero-order chi connectivity index (χ0) is 20.3. The molecule has 0 aromatic heterocycles. The van der Waals surface area contributed by atoms with Gasteiger partial charge in [-0.25, -0.2) is 14.4 Å². The number of benzene rings is 2. The minimum atomic E-state index is -0.198. The van der Waals surface area contributed by atoms with Crippen LogP contribution in [0, 0.1) is 5.82 Å². The summed E-state index contributed by atoms with van der Waals surface area (Å²) in [6.07, 6.45) is 7.17. The summed E-state index contributed by atoms with van der Waals surface area (Å²) in [5.41, 5.74) is 4.90. The summed E-state index contributed by atoms with van der Waals surface area (Å²) in [5.74, 6) is 1.62. The lowest BCUT2D eigenvalue weighted by molar-refractivity contribution is 0.288. The number of hydrogen-bond donors (Lipinski definition) is 0. The lowest BCUT2D eigenvalue weighted by atomic mass is 10.00. The zero-order valence-electron chi connectivity index (χ0n) is 16.9. The van der Waals surface area contributed by atoms with Gasteiger partial charge in [0.1, 0.15) is 18.2 Å². The second-order valence-electron chi connectivity index (χ2n) is 7.92. The highest BCUT2D eigenvalue weighted by Crippen LogP contribution is 2.26. The van der Waals surface area contributed by atoms with Gasteiger partial charge in [0.05, 0.1) is 12.9 Å². The van der Waals surface area contributed by atoms with Crippen LogP contribution in [0.5, 0.6) is 5.75 Å². The van der Waals surface area contributed by atoms with E-state index >= 15 is 0 Å². The van der Waals surface area contributed by atoms with Crippen LogP contribution in [0.2, 0.25) is 0 Å². The van der Waals surface area contributed by atoms with Gasteiger partial charge in [-0.1, -0.05) is 30.3 Å². The van der Waals surface area contributed by atoms with Crippen LogP contribution in [0.25, 0.3) is 5.57 Å². The maximum atomic E-state index is 13.1. The van der Waals surface area contributed by atoms with E-state index < -0.39 is 0 Å². The fourth-order valence-electron chi connectivity index (χ4n) is 4.16. The first-order valence-electron chi connectivity index (χ1n) is 10.5. The zero-order valence-corrected chi connectivity index (χ0v) is 16.9. The molecular weight excluding hydrogens is 379 g/mol. The molecule has 0 unspecified atom stereocenters. The summed E-state index contributed by atoms with van der Waals surface area (Å²) in [6.45, 7) is 3.86. The highest BCUT2D eigenvalue weighted by Gasteiger charge is 2.19. The molecular formula is C24H25FN4O. The summed E-state index contributed by atoms with van der Waals surface area (Å²) >= 11 is 0. The van der Waals surface area contributed by atoms with Crippen molar-refractivity contribution < 1.29 is 9.13 Å². The minimum absolute atomic E-state index is 0.198. The molecule has 2 aromatic carbocycles. The van der Waals surface area contributed by atoms with Gasteiger partial charge in [0.15, 0.2) is 0 Å². The Morgan fingerprint density at radius 3 is 2.73 bits per heavy atom. The molecule has 2 aromatic rings. The van der Waals surface area contributed by atoms with E-state index in [1.54, 1.807) is 0 Å². The monoisotopic (exact) mass is 404 g/mol. The number of nitrogens with zero attached hydrogens (tertiary/aromatic N) is 4.